The van der Waals surface area contributed by atoms with Gasteiger partial charge in [-0.15, -0.1) is 0 Å². The molecule has 7 heteroatoms. The molecule has 4 N–H and O–H groups in total. The molecule has 0 spiro atoms. The van der Waals surface area contributed by atoms with E-state index in [9.17, 15) is 19.5 Å². The Morgan fingerprint density at radius 2 is 1.48 bits per heavy atom. The van der Waals surface area contributed by atoms with Gasteiger partial charge in [-0.3, -0.25) is 9.59 Å². The minimum absolute atomic E-state index is 0.0787. The average Bonchev–Trinajstić information content (AvgIpc) is 3.24. The van der Waals surface area contributed by atoms with E-state index in [0.717, 1.165) is 22.4 Å². The topological polar surface area (TPSA) is 108 Å². The van der Waals surface area contributed by atoms with Crippen molar-refractivity contribution in [2.24, 2.45) is 0 Å². The molecule has 4 rings (SSSR count). The van der Waals surface area contributed by atoms with E-state index in [4.69, 9.17) is 0 Å². The van der Waals surface area contributed by atoms with E-state index in [2.05, 4.69) is 40.2 Å². The van der Waals surface area contributed by atoms with Gasteiger partial charge >= 0.3 is 5.97 Å². The third kappa shape index (κ3) is 8.04. The van der Waals surface area contributed by atoms with E-state index in [1.165, 1.54) is 0 Å². The molecule has 1 atom stereocenters. The number of aliphatic carboxylic acids is 1. The van der Waals surface area contributed by atoms with Crippen LogP contribution in [0.2, 0.25) is 0 Å². The molecule has 0 saturated carbocycles. The maximum Gasteiger partial charge on any atom is 0.326 e. The highest BCUT2D eigenvalue weighted by molar-refractivity contribution is 5.96. The van der Waals surface area contributed by atoms with Crippen LogP contribution in [-0.4, -0.2) is 35.5 Å². The number of carboxylic acids is 1. The van der Waals surface area contributed by atoms with Gasteiger partial charge in [0.05, 0.1) is 6.42 Å². The normalized spacial score (nSPS) is 13.1. The molecule has 0 aromatic heterocycles. The highest BCUT2D eigenvalue weighted by atomic mass is 16.4. The lowest BCUT2D eigenvalue weighted by molar-refractivity contribution is -0.139. The van der Waals surface area contributed by atoms with E-state index >= 15 is 0 Å². The summed E-state index contributed by atoms with van der Waals surface area (Å²) < 4.78 is 0. The van der Waals surface area contributed by atoms with Gasteiger partial charge in [0.25, 0.3) is 5.91 Å². The van der Waals surface area contributed by atoms with Crippen LogP contribution in [0.15, 0.2) is 121 Å². The Kier molecular flexibility index (Phi) is 10.0. The highest BCUT2D eigenvalue weighted by Gasteiger charge is 2.22. The molecular formula is C33H33N3O4. The van der Waals surface area contributed by atoms with Crippen LogP contribution in [0.4, 0.5) is 0 Å². The molecule has 1 heterocycles. The summed E-state index contributed by atoms with van der Waals surface area (Å²) in [6.45, 7) is 0.308. The molecule has 0 fully saturated rings. The standard InChI is InChI=1S/C33H33N3O4/c37-30(23-28-18-8-3-9-20-34-28)35-21-11-19-29(33(39)40)36-32(38)27-17-10-16-26(22-27)31(24-12-4-1-5-13-24)25-14-6-2-7-15-25/h1-10,12-18,20,22,29,31,34H,11,19,21,23H2,(H,35,37)(H,36,38)(H,39,40). The lowest BCUT2D eigenvalue weighted by Gasteiger charge is -2.20. The summed E-state index contributed by atoms with van der Waals surface area (Å²) in [5.74, 6) is -1.81. The van der Waals surface area contributed by atoms with Crippen molar-refractivity contribution in [1.29, 1.82) is 0 Å². The Bertz CT molecular complexity index is 1360. The van der Waals surface area contributed by atoms with Crippen molar-refractivity contribution in [1.82, 2.24) is 16.0 Å². The molecule has 3 aromatic carbocycles. The number of rotatable bonds is 12. The fraction of sp³-hybridized carbons (Fsp3) is 0.182. The third-order valence-corrected chi connectivity index (χ3v) is 6.58. The number of carbonyl (C=O) groups is 3. The molecule has 3 aromatic rings. The number of amides is 2. The minimum Gasteiger partial charge on any atom is -0.480 e. The first-order valence-corrected chi connectivity index (χ1v) is 13.3. The van der Waals surface area contributed by atoms with Gasteiger partial charge in [0.2, 0.25) is 5.91 Å². The fourth-order valence-corrected chi connectivity index (χ4v) is 4.60. The van der Waals surface area contributed by atoms with Crippen molar-refractivity contribution in [2.75, 3.05) is 6.54 Å². The molecular weight excluding hydrogens is 502 g/mol. The Labute approximate surface area is 234 Å². The van der Waals surface area contributed by atoms with Gasteiger partial charge in [-0.1, -0.05) is 84.9 Å². The number of carboxylic acid groups (broad SMARTS) is 1. The largest absolute Gasteiger partial charge is 0.480 e. The molecule has 204 valence electrons. The zero-order valence-electron chi connectivity index (χ0n) is 22.1. The van der Waals surface area contributed by atoms with Gasteiger partial charge < -0.3 is 21.1 Å². The summed E-state index contributed by atoms with van der Waals surface area (Å²) in [6.07, 6.45) is 9.90. The van der Waals surface area contributed by atoms with Gasteiger partial charge in [-0.25, -0.2) is 4.79 Å². The van der Waals surface area contributed by atoms with E-state index < -0.39 is 17.9 Å². The predicted octanol–water partition coefficient (Wildman–Crippen LogP) is 4.89. The van der Waals surface area contributed by atoms with Crippen LogP contribution in [0.1, 0.15) is 52.2 Å². The van der Waals surface area contributed by atoms with Crippen LogP contribution in [0.25, 0.3) is 0 Å². The first-order valence-electron chi connectivity index (χ1n) is 13.3. The predicted molar refractivity (Wildman–Crippen MR) is 156 cm³/mol. The number of allylic oxidation sites excluding steroid dienone is 4. The van der Waals surface area contributed by atoms with Gasteiger partial charge in [-0.05, 0) is 53.8 Å². The van der Waals surface area contributed by atoms with E-state index in [1.807, 2.05) is 78.9 Å². The summed E-state index contributed by atoms with van der Waals surface area (Å²) in [4.78, 5) is 37.3. The number of hydrogen-bond donors (Lipinski definition) is 4. The third-order valence-electron chi connectivity index (χ3n) is 6.58. The molecule has 7 nitrogen and oxygen atoms in total. The van der Waals surface area contributed by atoms with Gasteiger partial charge in [-0.2, -0.15) is 0 Å². The Morgan fingerprint density at radius 3 is 2.15 bits per heavy atom. The van der Waals surface area contributed by atoms with E-state index in [1.54, 1.807) is 12.3 Å². The number of nitrogens with one attached hydrogen (secondary N) is 3. The van der Waals surface area contributed by atoms with E-state index in [0.29, 0.717) is 18.5 Å². The van der Waals surface area contributed by atoms with Gasteiger partial charge in [0.15, 0.2) is 0 Å². The van der Waals surface area contributed by atoms with Crippen LogP contribution < -0.4 is 16.0 Å². The van der Waals surface area contributed by atoms with Crippen molar-refractivity contribution in [3.05, 3.63) is 143 Å². The fourth-order valence-electron chi connectivity index (χ4n) is 4.60. The second kappa shape index (κ2) is 14.3. The molecule has 0 saturated heterocycles. The van der Waals surface area contributed by atoms with E-state index in [-0.39, 0.29) is 24.7 Å². The van der Waals surface area contributed by atoms with Crippen LogP contribution in [-0.2, 0) is 9.59 Å². The average molecular weight is 536 g/mol. The number of benzene rings is 3. The molecule has 1 aliphatic heterocycles. The molecule has 2 amide bonds. The summed E-state index contributed by atoms with van der Waals surface area (Å²) in [6, 6.07) is 26.3. The Hall–Kier alpha value is -4.91. The molecule has 40 heavy (non-hydrogen) atoms. The number of hydrogen-bond acceptors (Lipinski definition) is 4. The molecule has 0 aliphatic carbocycles. The zero-order chi connectivity index (χ0) is 28.2. The lowest BCUT2D eigenvalue weighted by atomic mass is 9.84. The first kappa shape index (κ1) is 28.1. The van der Waals surface area contributed by atoms with Crippen molar-refractivity contribution in [2.45, 2.75) is 31.2 Å². The smallest absolute Gasteiger partial charge is 0.326 e. The zero-order valence-corrected chi connectivity index (χ0v) is 22.1. The van der Waals surface area contributed by atoms with Gasteiger partial charge in [0, 0.05) is 29.9 Å². The molecule has 0 radical (unpaired) electrons. The molecule has 1 unspecified atom stereocenters. The second-order valence-electron chi connectivity index (χ2n) is 9.49. The summed E-state index contributed by atoms with van der Waals surface area (Å²) in [7, 11) is 0. The Morgan fingerprint density at radius 1 is 0.800 bits per heavy atom. The first-order chi connectivity index (χ1) is 19.5. The highest BCUT2D eigenvalue weighted by Crippen LogP contribution is 2.32. The lowest BCUT2D eigenvalue weighted by Crippen LogP contribution is -2.41. The molecule has 0 bridgehead atoms. The SMILES string of the molecule is O=C(CC1=CC=CC=CN1)NCCCC(NC(=O)c1cccc(C(c2ccccc2)c2ccccc2)c1)C(=O)O. The van der Waals surface area contributed by atoms with Crippen molar-refractivity contribution >= 4 is 17.8 Å². The second-order valence-corrected chi connectivity index (χ2v) is 9.49. The van der Waals surface area contributed by atoms with Crippen molar-refractivity contribution in [3.8, 4) is 0 Å². The van der Waals surface area contributed by atoms with Crippen molar-refractivity contribution < 1.29 is 19.5 Å². The summed E-state index contributed by atoms with van der Waals surface area (Å²) >= 11 is 0. The van der Waals surface area contributed by atoms with Crippen LogP contribution >= 0.6 is 0 Å². The van der Waals surface area contributed by atoms with Crippen LogP contribution in [0, 0.1) is 0 Å². The quantitative estimate of drug-likeness (QED) is 0.195. The number of carbonyl (C=O) groups excluding carboxylic acids is 2. The summed E-state index contributed by atoms with van der Waals surface area (Å²) in [5, 5.41) is 18.2. The minimum atomic E-state index is -1.12. The molecule has 1 aliphatic rings. The maximum absolute atomic E-state index is 13.1. The van der Waals surface area contributed by atoms with Crippen LogP contribution in [0.3, 0.4) is 0 Å². The summed E-state index contributed by atoms with van der Waals surface area (Å²) in [5.41, 5.74) is 4.28. The maximum atomic E-state index is 13.1. The monoisotopic (exact) mass is 535 g/mol. The van der Waals surface area contributed by atoms with Gasteiger partial charge in [0.1, 0.15) is 6.04 Å². The van der Waals surface area contributed by atoms with Crippen LogP contribution in [0.5, 0.6) is 0 Å². The van der Waals surface area contributed by atoms with Crippen molar-refractivity contribution in [3.63, 3.8) is 0 Å². The Balaban J connectivity index is 1.37.